The third-order valence-corrected chi connectivity index (χ3v) is 4.32. The van der Waals surface area contributed by atoms with Gasteiger partial charge in [0.05, 0.1) is 13.3 Å². The first kappa shape index (κ1) is 19.1. The normalized spacial score (nSPS) is 11.4. The van der Waals surface area contributed by atoms with Crippen molar-refractivity contribution in [2.45, 2.75) is 5.60 Å². The smallest absolute Gasteiger partial charge is 0.281 e. The van der Waals surface area contributed by atoms with Crippen molar-refractivity contribution >= 4 is 12.1 Å². The Morgan fingerprint density at radius 2 is 1.57 bits per heavy atom. The van der Waals surface area contributed by atoms with Gasteiger partial charge in [-0.15, -0.1) is 0 Å². The Morgan fingerprint density at radius 1 is 1.00 bits per heavy atom. The first-order valence-electron chi connectivity index (χ1n) is 8.59. The SMILES string of the molecule is COc1ccc(O)c(C=NNC(=O)C(O)(c2ccccc2)c2ccccc2)c1. The molecule has 0 saturated heterocycles. The fourth-order valence-corrected chi connectivity index (χ4v) is 2.79. The molecule has 0 fully saturated rings. The molecule has 0 bridgehead atoms. The molecule has 1 amide bonds. The van der Waals surface area contributed by atoms with Crippen LogP contribution in [0.2, 0.25) is 0 Å². The first-order valence-corrected chi connectivity index (χ1v) is 8.59. The molecule has 0 saturated carbocycles. The van der Waals surface area contributed by atoms with Crippen molar-refractivity contribution in [3.63, 3.8) is 0 Å². The number of hydrazone groups is 1. The molecule has 142 valence electrons. The van der Waals surface area contributed by atoms with Crippen molar-refractivity contribution in [2.24, 2.45) is 5.10 Å². The summed E-state index contributed by atoms with van der Waals surface area (Å²) in [6.07, 6.45) is 1.28. The number of hydrogen-bond donors (Lipinski definition) is 3. The van der Waals surface area contributed by atoms with E-state index in [-0.39, 0.29) is 5.75 Å². The predicted octanol–water partition coefficient (Wildman–Crippen LogP) is 2.79. The van der Waals surface area contributed by atoms with Crippen molar-refractivity contribution in [1.82, 2.24) is 5.43 Å². The number of benzene rings is 3. The number of rotatable bonds is 6. The van der Waals surface area contributed by atoms with Crippen molar-refractivity contribution in [2.75, 3.05) is 7.11 Å². The summed E-state index contributed by atoms with van der Waals surface area (Å²) in [5.41, 5.74) is 1.64. The van der Waals surface area contributed by atoms with Gasteiger partial charge < -0.3 is 14.9 Å². The van der Waals surface area contributed by atoms with Gasteiger partial charge in [0.15, 0.2) is 5.60 Å². The molecule has 0 heterocycles. The molecule has 0 atom stereocenters. The van der Waals surface area contributed by atoms with Gasteiger partial charge in [0.1, 0.15) is 11.5 Å². The summed E-state index contributed by atoms with van der Waals surface area (Å²) in [7, 11) is 1.51. The van der Waals surface area contributed by atoms with E-state index in [2.05, 4.69) is 10.5 Å². The van der Waals surface area contributed by atoms with Crippen LogP contribution in [0, 0.1) is 0 Å². The lowest BCUT2D eigenvalue weighted by atomic mass is 9.85. The quantitative estimate of drug-likeness (QED) is 0.456. The van der Waals surface area contributed by atoms with E-state index in [4.69, 9.17) is 4.74 Å². The molecule has 0 aliphatic carbocycles. The molecule has 28 heavy (non-hydrogen) atoms. The van der Waals surface area contributed by atoms with Gasteiger partial charge in [0.25, 0.3) is 5.91 Å². The molecule has 0 radical (unpaired) electrons. The maximum atomic E-state index is 12.9. The van der Waals surface area contributed by atoms with Crippen LogP contribution >= 0.6 is 0 Å². The molecule has 0 aromatic heterocycles. The third-order valence-electron chi connectivity index (χ3n) is 4.32. The van der Waals surface area contributed by atoms with Gasteiger partial charge in [-0.3, -0.25) is 4.79 Å². The second-order valence-corrected chi connectivity index (χ2v) is 6.07. The van der Waals surface area contributed by atoms with Crippen molar-refractivity contribution < 1.29 is 19.7 Å². The molecule has 6 nitrogen and oxygen atoms in total. The van der Waals surface area contributed by atoms with Crippen molar-refractivity contribution in [3.8, 4) is 11.5 Å². The second-order valence-electron chi connectivity index (χ2n) is 6.07. The standard InChI is InChI=1S/C22H20N2O4/c1-28-19-12-13-20(25)16(14-19)15-23-24-21(26)22(27,17-8-4-2-5-9-17)18-10-6-3-7-11-18/h2-15,25,27H,1H3,(H,24,26). The van der Waals surface area contributed by atoms with Gasteiger partial charge in [0, 0.05) is 5.56 Å². The van der Waals surface area contributed by atoms with Gasteiger partial charge in [0.2, 0.25) is 0 Å². The zero-order valence-corrected chi connectivity index (χ0v) is 15.2. The second kappa shape index (κ2) is 8.37. The lowest BCUT2D eigenvalue weighted by Gasteiger charge is -2.27. The number of hydrogen-bond acceptors (Lipinski definition) is 5. The highest BCUT2D eigenvalue weighted by Crippen LogP contribution is 2.30. The maximum absolute atomic E-state index is 12.9. The number of ether oxygens (including phenoxy) is 1. The van der Waals surface area contributed by atoms with Gasteiger partial charge >= 0.3 is 0 Å². The van der Waals surface area contributed by atoms with Gasteiger partial charge in [-0.2, -0.15) is 5.10 Å². The average Bonchev–Trinajstić information content (AvgIpc) is 2.75. The van der Waals surface area contributed by atoms with Crippen molar-refractivity contribution in [3.05, 3.63) is 95.6 Å². The number of phenols is 1. The predicted molar refractivity (Wildman–Crippen MR) is 106 cm³/mol. The molecule has 3 rings (SSSR count). The lowest BCUT2D eigenvalue weighted by Crippen LogP contribution is -2.43. The van der Waals surface area contributed by atoms with E-state index in [1.807, 2.05) is 0 Å². The zero-order chi connectivity index (χ0) is 20.0. The Balaban J connectivity index is 1.89. The van der Waals surface area contributed by atoms with Crippen LogP contribution in [0.4, 0.5) is 0 Å². The zero-order valence-electron chi connectivity index (χ0n) is 15.2. The highest BCUT2D eigenvalue weighted by Gasteiger charge is 2.39. The molecular weight excluding hydrogens is 356 g/mol. The van der Waals surface area contributed by atoms with Crippen LogP contribution in [-0.2, 0) is 10.4 Å². The highest BCUT2D eigenvalue weighted by molar-refractivity contribution is 5.91. The van der Waals surface area contributed by atoms with E-state index >= 15 is 0 Å². The maximum Gasteiger partial charge on any atom is 0.281 e. The molecule has 0 aliphatic heterocycles. The van der Waals surface area contributed by atoms with Crippen LogP contribution in [0.15, 0.2) is 84.0 Å². The van der Waals surface area contributed by atoms with Gasteiger partial charge in [-0.1, -0.05) is 60.7 Å². The minimum Gasteiger partial charge on any atom is -0.507 e. The summed E-state index contributed by atoms with van der Waals surface area (Å²) < 4.78 is 5.11. The van der Waals surface area contributed by atoms with Crippen molar-refractivity contribution in [1.29, 1.82) is 0 Å². The molecule has 3 aromatic carbocycles. The Kier molecular flexibility index (Phi) is 5.72. The van der Waals surface area contributed by atoms with Crippen LogP contribution in [0.5, 0.6) is 11.5 Å². The minimum atomic E-state index is -1.92. The third kappa shape index (κ3) is 3.87. The lowest BCUT2D eigenvalue weighted by molar-refractivity contribution is -0.136. The van der Waals surface area contributed by atoms with Crippen LogP contribution in [0.3, 0.4) is 0 Å². The summed E-state index contributed by atoms with van der Waals surface area (Å²) in [6, 6.07) is 21.9. The summed E-state index contributed by atoms with van der Waals surface area (Å²) in [6.45, 7) is 0. The number of carbonyl (C=O) groups excluding carboxylic acids is 1. The van der Waals surface area contributed by atoms with Crippen LogP contribution < -0.4 is 10.2 Å². The number of aromatic hydroxyl groups is 1. The van der Waals surface area contributed by atoms with Crippen LogP contribution in [0.1, 0.15) is 16.7 Å². The molecule has 3 N–H and O–H groups in total. The molecule has 6 heteroatoms. The Labute approximate surface area is 162 Å². The van der Waals surface area contributed by atoms with E-state index in [9.17, 15) is 15.0 Å². The van der Waals surface area contributed by atoms with E-state index in [0.717, 1.165) is 0 Å². The summed E-state index contributed by atoms with van der Waals surface area (Å²) in [5.74, 6) is -0.195. The number of amides is 1. The first-order chi connectivity index (χ1) is 13.6. The number of aliphatic hydroxyl groups is 1. The van der Waals surface area contributed by atoms with E-state index in [1.165, 1.54) is 19.4 Å². The van der Waals surface area contributed by atoms with E-state index < -0.39 is 11.5 Å². The number of carbonyl (C=O) groups is 1. The Morgan fingerprint density at radius 3 is 2.11 bits per heavy atom. The fraction of sp³-hybridized carbons (Fsp3) is 0.0909. The molecular formula is C22H20N2O4. The summed E-state index contributed by atoms with van der Waals surface area (Å²) in [4.78, 5) is 12.9. The van der Waals surface area contributed by atoms with Crippen LogP contribution in [-0.4, -0.2) is 29.4 Å². The number of nitrogens with one attached hydrogen (secondary N) is 1. The minimum absolute atomic E-state index is 0.0137. The van der Waals surface area contributed by atoms with Crippen LogP contribution in [0.25, 0.3) is 0 Å². The van der Waals surface area contributed by atoms with Gasteiger partial charge in [-0.05, 0) is 29.3 Å². The number of phenolic OH excluding ortho intramolecular Hbond substituents is 1. The largest absolute Gasteiger partial charge is 0.507 e. The van der Waals surface area contributed by atoms with Gasteiger partial charge in [-0.25, -0.2) is 5.43 Å². The topological polar surface area (TPSA) is 91.2 Å². The molecule has 3 aromatic rings. The average molecular weight is 376 g/mol. The summed E-state index contributed by atoms with van der Waals surface area (Å²) >= 11 is 0. The molecule has 0 aliphatic rings. The fourth-order valence-electron chi connectivity index (χ4n) is 2.79. The number of nitrogens with zero attached hydrogens (tertiary/aromatic N) is 1. The Bertz CT molecular complexity index is 933. The molecule has 0 spiro atoms. The number of methoxy groups -OCH3 is 1. The summed E-state index contributed by atoms with van der Waals surface area (Å²) in [5, 5.41) is 25.1. The van der Waals surface area contributed by atoms with E-state index in [1.54, 1.807) is 72.8 Å². The highest BCUT2D eigenvalue weighted by atomic mass is 16.5. The monoisotopic (exact) mass is 376 g/mol. The Hall–Kier alpha value is -3.64. The molecule has 0 unspecified atom stereocenters. The van der Waals surface area contributed by atoms with E-state index in [0.29, 0.717) is 22.4 Å².